The molecule has 5 nitrogen and oxygen atoms in total. The van der Waals surface area contributed by atoms with Crippen molar-refractivity contribution in [2.24, 2.45) is 0 Å². The molecule has 2 atom stereocenters. The average molecular weight is 332 g/mol. The predicted octanol–water partition coefficient (Wildman–Crippen LogP) is 2.90. The Morgan fingerprint density at radius 1 is 1.25 bits per heavy atom. The molecular weight excluding hydrogens is 304 g/mol. The highest BCUT2D eigenvalue weighted by atomic mass is 16.6. The van der Waals surface area contributed by atoms with Gasteiger partial charge in [-0.2, -0.15) is 0 Å². The number of fused-ring (bicyclic) bond motifs is 1. The Balaban J connectivity index is 1.66. The number of morpholine rings is 1. The number of nitrogens with zero attached hydrogens (tertiary/aromatic N) is 2. The van der Waals surface area contributed by atoms with Crippen molar-refractivity contribution >= 4 is 6.09 Å². The number of rotatable bonds is 2. The van der Waals surface area contributed by atoms with E-state index in [1.807, 2.05) is 31.7 Å². The lowest BCUT2D eigenvalue weighted by Gasteiger charge is -2.47. The molecule has 0 N–H and O–H groups in total. The molecule has 1 amide bonds. The normalized spacial score (nSPS) is 25.2. The van der Waals surface area contributed by atoms with Gasteiger partial charge in [-0.3, -0.25) is 4.90 Å². The summed E-state index contributed by atoms with van der Waals surface area (Å²) in [4.78, 5) is 16.7. The van der Waals surface area contributed by atoms with E-state index in [-0.39, 0.29) is 18.2 Å². The number of carbonyl (C=O) groups is 1. The van der Waals surface area contributed by atoms with Crippen LogP contribution in [0.5, 0.6) is 0 Å². The molecule has 2 saturated heterocycles. The van der Waals surface area contributed by atoms with Crippen LogP contribution < -0.4 is 0 Å². The standard InChI is InChI=1S/C19H28N2O3/c1-19(2,3)24-18(22)21-10-9-17-16(14-21)20(11-12-23-17)13-15-7-5-4-6-8-15/h4-8,16-17H,9-14H2,1-3H3/t16-,17+/m0/s1. The lowest BCUT2D eigenvalue weighted by molar-refractivity contribution is -0.105. The number of carbonyl (C=O) groups excluding carboxylic acids is 1. The van der Waals surface area contributed by atoms with Crippen LogP contribution in [0.15, 0.2) is 30.3 Å². The van der Waals surface area contributed by atoms with Crippen LogP contribution in [-0.4, -0.2) is 59.9 Å². The second-order valence-corrected chi connectivity index (χ2v) is 7.65. The van der Waals surface area contributed by atoms with Crippen molar-refractivity contribution < 1.29 is 14.3 Å². The van der Waals surface area contributed by atoms with Crippen LogP contribution in [0.2, 0.25) is 0 Å². The lowest BCUT2D eigenvalue weighted by Crippen LogP contribution is -2.60. The second-order valence-electron chi connectivity index (χ2n) is 7.65. The zero-order chi connectivity index (χ0) is 17.2. The zero-order valence-corrected chi connectivity index (χ0v) is 14.9. The quantitative estimate of drug-likeness (QED) is 0.835. The van der Waals surface area contributed by atoms with Crippen LogP contribution in [0.25, 0.3) is 0 Å². The summed E-state index contributed by atoms with van der Waals surface area (Å²) >= 11 is 0. The van der Waals surface area contributed by atoms with Crippen molar-refractivity contribution in [3.63, 3.8) is 0 Å². The maximum absolute atomic E-state index is 12.4. The molecule has 2 aliphatic heterocycles. The Morgan fingerprint density at radius 2 is 2.00 bits per heavy atom. The molecule has 0 bridgehead atoms. The van der Waals surface area contributed by atoms with Crippen LogP contribution in [0.3, 0.4) is 0 Å². The maximum atomic E-state index is 12.4. The van der Waals surface area contributed by atoms with Gasteiger partial charge in [-0.05, 0) is 32.8 Å². The summed E-state index contributed by atoms with van der Waals surface area (Å²) in [5.41, 5.74) is 0.841. The number of benzene rings is 1. The summed E-state index contributed by atoms with van der Waals surface area (Å²) in [5.74, 6) is 0. The summed E-state index contributed by atoms with van der Waals surface area (Å²) in [5, 5.41) is 0. The van der Waals surface area contributed by atoms with Gasteiger partial charge in [0.15, 0.2) is 0 Å². The number of ether oxygens (including phenoxy) is 2. The molecule has 132 valence electrons. The molecule has 0 spiro atoms. The molecule has 2 fully saturated rings. The van der Waals surface area contributed by atoms with Crippen LogP contribution in [0, 0.1) is 0 Å². The number of hydrogen-bond acceptors (Lipinski definition) is 4. The molecule has 24 heavy (non-hydrogen) atoms. The predicted molar refractivity (Wildman–Crippen MR) is 92.8 cm³/mol. The van der Waals surface area contributed by atoms with Gasteiger partial charge in [-0.15, -0.1) is 0 Å². The first-order valence-electron chi connectivity index (χ1n) is 8.80. The first kappa shape index (κ1) is 17.2. The molecule has 2 heterocycles. The topological polar surface area (TPSA) is 42.0 Å². The van der Waals surface area contributed by atoms with Crippen LogP contribution in [0.4, 0.5) is 4.79 Å². The first-order valence-corrected chi connectivity index (χ1v) is 8.80. The van der Waals surface area contributed by atoms with E-state index >= 15 is 0 Å². The number of amides is 1. The summed E-state index contributed by atoms with van der Waals surface area (Å²) in [6.45, 7) is 9.66. The number of hydrogen-bond donors (Lipinski definition) is 0. The lowest BCUT2D eigenvalue weighted by atomic mass is 9.98. The van der Waals surface area contributed by atoms with Gasteiger partial charge in [0.2, 0.25) is 0 Å². The zero-order valence-electron chi connectivity index (χ0n) is 14.9. The third kappa shape index (κ3) is 4.28. The van der Waals surface area contributed by atoms with Crippen molar-refractivity contribution in [1.29, 1.82) is 0 Å². The van der Waals surface area contributed by atoms with E-state index in [1.54, 1.807) is 0 Å². The molecule has 0 aliphatic carbocycles. The van der Waals surface area contributed by atoms with Crippen molar-refractivity contribution in [2.75, 3.05) is 26.2 Å². The molecule has 3 rings (SSSR count). The number of piperidine rings is 1. The minimum Gasteiger partial charge on any atom is -0.444 e. The Bertz CT molecular complexity index is 555. The molecule has 0 unspecified atom stereocenters. The summed E-state index contributed by atoms with van der Waals surface area (Å²) in [6, 6.07) is 10.7. The minimum atomic E-state index is -0.458. The van der Waals surface area contributed by atoms with E-state index in [2.05, 4.69) is 29.2 Å². The van der Waals surface area contributed by atoms with Crippen LogP contribution in [-0.2, 0) is 16.0 Å². The third-order valence-electron chi connectivity index (χ3n) is 4.58. The molecule has 0 radical (unpaired) electrons. The van der Waals surface area contributed by atoms with Crippen molar-refractivity contribution in [3.05, 3.63) is 35.9 Å². The Morgan fingerprint density at radius 3 is 2.71 bits per heavy atom. The molecule has 0 saturated carbocycles. The maximum Gasteiger partial charge on any atom is 0.410 e. The highest BCUT2D eigenvalue weighted by Crippen LogP contribution is 2.25. The monoisotopic (exact) mass is 332 g/mol. The highest BCUT2D eigenvalue weighted by Gasteiger charge is 2.39. The van der Waals surface area contributed by atoms with Gasteiger partial charge in [0.1, 0.15) is 5.60 Å². The molecule has 0 aromatic heterocycles. The van der Waals surface area contributed by atoms with Crippen molar-refractivity contribution in [2.45, 2.75) is 51.5 Å². The summed E-state index contributed by atoms with van der Waals surface area (Å²) in [7, 11) is 0. The van der Waals surface area contributed by atoms with Gasteiger partial charge in [-0.1, -0.05) is 30.3 Å². The van der Waals surface area contributed by atoms with Gasteiger partial charge < -0.3 is 14.4 Å². The van der Waals surface area contributed by atoms with Gasteiger partial charge in [0.05, 0.1) is 18.8 Å². The Hall–Kier alpha value is -1.59. The fourth-order valence-corrected chi connectivity index (χ4v) is 3.45. The summed E-state index contributed by atoms with van der Waals surface area (Å²) < 4.78 is 11.5. The van der Waals surface area contributed by atoms with E-state index < -0.39 is 5.60 Å². The van der Waals surface area contributed by atoms with Crippen LogP contribution in [0.1, 0.15) is 32.8 Å². The van der Waals surface area contributed by atoms with E-state index in [0.717, 1.165) is 26.1 Å². The molecule has 2 aliphatic rings. The fourth-order valence-electron chi connectivity index (χ4n) is 3.45. The van der Waals surface area contributed by atoms with Crippen molar-refractivity contribution in [3.8, 4) is 0 Å². The smallest absolute Gasteiger partial charge is 0.410 e. The molecular formula is C19H28N2O3. The van der Waals surface area contributed by atoms with Gasteiger partial charge in [0.25, 0.3) is 0 Å². The minimum absolute atomic E-state index is 0.209. The second kappa shape index (κ2) is 7.11. The highest BCUT2D eigenvalue weighted by molar-refractivity contribution is 5.68. The molecule has 1 aromatic carbocycles. The molecule has 5 heteroatoms. The van der Waals surface area contributed by atoms with Gasteiger partial charge in [0, 0.05) is 26.2 Å². The van der Waals surface area contributed by atoms with E-state index in [4.69, 9.17) is 9.47 Å². The van der Waals surface area contributed by atoms with E-state index in [9.17, 15) is 4.79 Å². The third-order valence-corrected chi connectivity index (χ3v) is 4.58. The van der Waals surface area contributed by atoms with E-state index in [0.29, 0.717) is 13.1 Å². The Kier molecular flexibility index (Phi) is 5.11. The molecule has 1 aromatic rings. The van der Waals surface area contributed by atoms with Crippen molar-refractivity contribution in [1.82, 2.24) is 9.80 Å². The Labute approximate surface area is 144 Å². The SMILES string of the molecule is CC(C)(C)OC(=O)N1CC[C@H]2OCCN(Cc3ccccc3)[C@H]2C1. The summed E-state index contributed by atoms with van der Waals surface area (Å²) in [6.07, 6.45) is 0.863. The van der Waals surface area contributed by atoms with Gasteiger partial charge in [-0.25, -0.2) is 4.79 Å². The largest absolute Gasteiger partial charge is 0.444 e. The van der Waals surface area contributed by atoms with Gasteiger partial charge >= 0.3 is 6.09 Å². The van der Waals surface area contributed by atoms with Crippen LogP contribution >= 0.6 is 0 Å². The fraction of sp³-hybridized carbons (Fsp3) is 0.632. The average Bonchev–Trinajstić information content (AvgIpc) is 2.54. The first-order chi connectivity index (χ1) is 11.4. The van der Waals surface area contributed by atoms with E-state index in [1.165, 1.54) is 5.56 Å². The number of likely N-dealkylation sites (tertiary alicyclic amines) is 1.